The molecule has 0 saturated heterocycles. The summed E-state index contributed by atoms with van der Waals surface area (Å²) in [5.74, 6) is -0.425. The van der Waals surface area contributed by atoms with Gasteiger partial charge in [0.05, 0.1) is 10.0 Å². The molecule has 1 aromatic rings. The number of ether oxygens (including phenoxy) is 1. The molecule has 2 nitrogen and oxygen atoms in total. The highest BCUT2D eigenvalue weighted by Gasteiger charge is 2.08. The lowest BCUT2D eigenvalue weighted by atomic mass is 10.3. The molecule has 0 aliphatic rings. The Hall–Kier alpha value is -0.990. The largest absolute Gasteiger partial charge is 0.420 e. The predicted octanol–water partition coefficient (Wildman–Crippen LogP) is 3.08. The average Bonchev–Trinajstić information content (AvgIpc) is 2.11. The number of hydrogen-bond acceptors (Lipinski definition) is 2. The lowest BCUT2D eigenvalue weighted by Crippen LogP contribution is -2.03. The lowest BCUT2D eigenvalue weighted by Gasteiger charge is -2.04. The summed E-state index contributed by atoms with van der Waals surface area (Å²) in [4.78, 5) is 10.8. The second-order valence-electron chi connectivity index (χ2n) is 2.18. The van der Waals surface area contributed by atoms with Gasteiger partial charge < -0.3 is 4.74 Å². The third-order valence-corrected chi connectivity index (χ3v) is 1.88. The van der Waals surface area contributed by atoms with E-state index in [0.29, 0.717) is 10.0 Å². The first-order valence-electron chi connectivity index (χ1n) is 3.43. The minimum Gasteiger partial charge on any atom is -0.420 e. The summed E-state index contributed by atoms with van der Waals surface area (Å²) in [6.07, 6.45) is 1.04. The molecule has 0 saturated carbocycles. The van der Waals surface area contributed by atoms with Crippen molar-refractivity contribution in [2.24, 2.45) is 0 Å². The summed E-state index contributed by atoms with van der Waals surface area (Å²) in [5.41, 5.74) is 0. The Balaban J connectivity index is 2.99. The molecule has 0 unspecified atom stereocenters. The molecular formula is C9H6Cl2O2. The molecule has 0 radical (unpaired) electrons. The van der Waals surface area contributed by atoms with E-state index in [2.05, 4.69) is 6.58 Å². The van der Waals surface area contributed by atoms with Gasteiger partial charge in [0.1, 0.15) is 0 Å². The van der Waals surface area contributed by atoms with Crippen LogP contribution >= 0.6 is 23.2 Å². The molecule has 0 N–H and O–H groups in total. The smallest absolute Gasteiger partial charge is 0.335 e. The summed E-state index contributed by atoms with van der Waals surface area (Å²) in [5, 5.41) is 0.588. The maximum absolute atomic E-state index is 10.8. The summed E-state index contributed by atoms with van der Waals surface area (Å²) in [6.45, 7) is 3.26. The Morgan fingerprint density at radius 1 is 1.38 bits per heavy atom. The van der Waals surface area contributed by atoms with E-state index in [4.69, 9.17) is 27.9 Å². The first-order chi connectivity index (χ1) is 6.15. The van der Waals surface area contributed by atoms with E-state index in [9.17, 15) is 4.79 Å². The summed E-state index contributed by atoms with van der Waals surface area (Å²) in [6, 6.07) is 4.83. The highest BCUT2D eigenvalue weighted by molar-refractivity contribution is 6.37. The van der Waals surface area contributed by atoms with Gasteiger partial charge in [-0.2, -0.15) is 0 Å². The van der Waals surface area contributed by atoms with Crippen molar-refractivity contribution in [2.75, 3.05) is 0 Å². The minimum absolute atomic E-state index is 0.163. The van der Waals surface area contributed by atoms with Crippen molar-refractivity contribution >= 4 is 29.2 Å². The molecule has 4 heteroatoms. The molecule has 0 bridgehead atoms. The fourth-order valence-electron chi connectivity index (χ4n) is 0.722. The standard InChI is InChI=1S/C9H6Cl2O2/c1-2-8(12)13-9-6(10)4-3-5-7(9)11/h2-5H,1H2. The fraction of sp³-hybridized carbons (Fsp3) is 0. The Morgan fingerprint density at radius 2 is 1.92 bits per heavy atom. The van der Waals surface area contributed by atoms with Crippen LogP contribution in [0.3, 0.4) is 0 Å². The quantitative estimate of drug-likeness (QED) is 0.432. The maximum Gasteiger partial charge on any atom is 0.335 e. The van der Waals surface area contributed by atoms with Crippen LogP contribution in [0.2, 0.25) is 10.0 Å². The first-order valence-corrected chi connectivity index (χ1v) is 4.19. The van der Waals surface area contributed by atoms with Crippen LogP contribution in [0.1, 0.15) is 0 Å². The number of benzene rings is 1. The van der Waals surface area contributed by atoms with Gasteiger partial charge >= 0.3 is 5.97 Å². The molecule has 0 aromatic heterocycles. The third-order valence-electron chi connectivity index (χ3n) is 1.29. The van der Waals surface area contributed by atoms with E-state index >= 15 is 0 Å². The lowest BCUT2D eigenvalue weighted by molar-refractivity contribution is -0.128. The molecule has 0 atom stereocenters. The van der Waals surface area contributed by atoms with Crippen LogP contribution in [0, 0.1) is 0 Å². The van der Waals surface area contributed by atoms with Crippen LogP contribution < -0.4 is 4.74 Å². The van der Waals surface area contributed by atoms with E-state index in [1.807, 2.05) is 0 Å². The second-order valence-corrected chi connectivity index (χ2v) is 2.99. The van der Waals surface area contributed by atoms with Crippen LogP contribution in [0.4, 0.5) is 0 Å². The molecule has 0 aliphatic carbocycles. The van der Waals surface area contributed by atoms with Crippen molar-refractivity contribution in [1.82, 2.24) is 0 Å². The Morgan fingerprint density at radius 3 is 2.38 bits per heavy atom. The zero-order valence-corrected chi connectivity index (χ0v) is 8.10. The van der Waals surface area contributed by atoms with Crippen molar-refractivity contribution in [3.63, 3.8) is 0 Å². The normalized spacial score (nSPS) is 9.38. The van der Waals surface area contributed by atoms with Crippen molar-refractivity contribution in [1.29, 1.82) is 0 Å². The number of carbonyl (C=O) groups excluding carboxylic acids is 1. The Kier molecular flexibility index (Phi) is 3.34. The Bertz CT molecular complexity index is 327. The number of carbonyl (C=O) groups is 1. The molecular weight excluding hydrogens is 211 g/mol. The Labute approximate surface area is 85.7 Å². The number of para-hydroxylation sites is 1. The molecule has 68 valence electrons. The number of halogens is 2. The zero-order chi connectivity index (χ0) is 9.84. The molecule has 0 heterocycles. The van der Waals surface area contributed by atoms with Gasteiger partial charge in [-0.3, -0.25) is 0 Å². The van der Waals surface area contributed by atoms with E-state index < -0.39 is 5.97 Å². The zero-order valence-electron chi connectivity index (χ0n) is 6.59. The van der Waals surface area contributed by atoms with Crippen LogP contribution in [0.15, 0.2) is 30.9 Å². The van der Waals surface area contributed by atoms with Gasteiger partial charge in [-0.05, 0) is 12.1 Å². The van der Waals surface area contributed by atoms with Gasteiger partial charge in [0.2, 0.25) is 0 Å². The van der Waals surface area contributed by atoms with E-state index in [1.54, 1.807) is 18.2 Å². The molecule has 0 aliphatic heterocycles. The summed E-state index contributed by atoms with van der Waals surface area (Å²) < 4.78 is 4.80. The van der Waals surface area contributed by atoms with Gasteiger partial charge in [0.25, 0.3) is 0 Å². The van der Waals surface area contributed by atoms with Crippen molar-refractivity contribution < 1.29 is 9.53 Å². The van der Waals surface area contributed by atoms with Crippen molar-refractivity contribution in [2.45, 2.75) is 0 Å². The van der Waals surface area contributed by atoms with Gasteiger partial charge in [-0.15, -0.1) is 0 Å². The van der Waals surface area contributed by atoms with Gasteiger partial charge in [-0.1, -0.05) is 35.8 Å². The van der Waals surface area contributed by atoms with E-state index in [-0.39, 0.29) is 5.75 Å². The van der Waals surface area contributed by atoms with Crippen molar-refractivity contribution in [3.05, 3.63) is 40.9 Å². The monoisotopic (exact) mass is 216 g/mol. The van der Waals surface area contributed by atoms with Gasteiger partial charge in [-0.25, -0.2) is 4.79 Å². The topological polar surface area (TPSA) is 26.3 Å². The van der Waals surface area contributed by atoms with Crippen LogP contribution in [0.5, 0.6) is 5.75 Å². The SMILES string of the molecule is C=CC(=O)Oc1c(Cl)cccc1Cl. The number of hydrogen-bond donors (Lipinski definition) is 0. The van der Waals surface area contributed by atoms with Gasteiger partial charge in [0.15, 0.2) is 5.75 Å². The summed E-state index contributed by atoms with van der Waals surface area (Å²) >= 11 is 11.5. The molecule has 0 spiro atoms. The number of esters is 1. The van der Waals surface area contributed by atoms with Gasteiger partial charge in [0, 0.05) is 6.08 Å². The maximum atomic E-state index is 10.8. The fourth-order valence-corrected chi connectivity index (χ4v) is 1.20. The molecule has 0 fully saturated rings. The molecule has 1 rings (SSSR count). The highest BCUT2D eigenvalue weighted by atomic mass is 35.5. The van der Waals surface area contributed by atoms with Crippen LogP contribution in [-0.4, -0.2) is 5.97 Å². The van der Waals surface area contributed by atoms with Crippen LogP contribution in [0.25, 0.3) is 0 Å². The molecule has 0 amide bonds. The summed E-state index contributed by atoms with van der Waals surface area (Å²) in [7, 11) is 0. The third kappa shape index (κ3) is 2.47. The highest BCUT2D eigenvalue weighted by Crippen LogP contribution is 2.32. The average molecular weight is 217 g/mol. The van der Waals surface area contributed by atoms with Crippen molar-refractivity contribution in [3.8, 4) is 5.75 Å². The van der Waals surface area contributed by atoms with E-state index in [0.717, 1.165) is 6.08 Å². The second kappa shape index (κ2) is 4.30. The van der Waals surface area contributed by atoms with E-state index in [1.165, 1.54) is 0 Å². The predicted molar refractivity (Wildman–Crippen MR) is 52.3 cm³/mol. The minimum atomic E-state index is -0.588. The van der Waals surface area contributed by atoms with Crippen LogP contribution in [-0.2, 0) is 4.79 Å². The first kappa shape index (κ1) is 10.1. The molecule has 1 aromatic carbocycles. The molecule has 13 heavy (non-hydrogen) atoms. The number of rotatable bonds is 2.